The van der Waals surface area contributed by atoms with Crippen LogP contribution in [0.4, 0.5) is 0 Å². The van der Waals surface area contributed by atoms with Crippen molar-refractivity contribution < 1.29 is 14.6 Å². The number of hydrogen-bond acceptors (Lipinski definition) is 3. The summed E-state index contributed by atoms with van der Waals surface area (Å²) in [4.78, 5) is 0. The lowest BCUT2D eigenvalue weighted by Crippen LogP contribution is -2.72. The number of guanidine groups is 1. The first kappa shape index (κ1) is 10.3. The van der Waals surface area contributed by atoms with E-state index in [4.69, 9.17) is 20.9 Å². The molecule has 0 bridgehead atoms. The zero-order valence-electron chi connectivity index (χ0n) is 8.86. The third kappa shape index (κ3) is 2.05. The Bertz CT molecular complexity index is 464. The van der Waals surface area contributed by atoms with E-state index < -0.39 is 0 Å². The maximum Gasteiger partial charge on any atom is 0.362 e. The molecule has 1 aliphatic rings. The van der Waals surface area contributed by atoms with Crippen molar-refractivity contribution in [3.05, 3.63) is 23.8 Å². The fraction of sp³-hybridized carbons (Fsp3) is 0.200. The zero-order valence-corrected chi connectivity index (χ0v) is 8.86. The maximum absolute atomic E-state index is 5.26. The highest BCUT2D eigenvalue weighted by molar-refractivity contribution is 5.98. The lowest BCUT2D eigenvalue weighted by atomic mass is 10.1. The van der Waals surface area contributed by atoms with E-state index in [-0.39, 0.29) is 12.8 Å². The van der Waals surface area contributed by atoms with Gasteiger partial charge in [-0.3, -0.25) is 11.5 Å². The monoisotopic (exact) mass is 221 g/mol. The van der Waals surface area contributed by atoms with Crippen LogP contribution in [0.5, 0.6) is 11.5 Å². The summed E-state index contributed by atoms with van der Waals surface area (Å²) in [6.07, 6.45) is 0. The van der Waals surface area contributed by atoms with Crippen LogP contribution in [0.3, 0.4) is 0 Å². The second-order valence-corrected chi connectivity index (χ2v) is 3.33. The molecule has 1 aliphatic heterocycles. The second-order valence-electron chi connectivity index (χ2n) is 3.33. The molecule has 0 aliphatic carbocycles. The fourth-order valence-corrected chi connectivity index (χ4v) is 1.33. The molecule has 0 saturated heterocycles. The minimum absolute atomic E-state index is 0.0556. The number of benzene rings is 1. The van der Waals surface area contributed by atoms with Gasteiger partial charge in [0.05, 0.1) is 5.71 Å². The summed E-state index contributed by atoms with van der Waals surface area (Å²) in [5, 5.41) is 6.50. The Kier molecular flexibility index (Phi) is 2.63. The molecule has 0 radical (unpaired) electrons. The van der Waals surface area contributed by atoms with Crippen molar-refractivity contribution in [1.29, 1.82) is 0 Å². The van der Waals surface area contributed by atoms with Gasteiger partial charge in [0.15, 0.2) is 11.5 Å². The fourth-order valence-electron chi connectivity index (χ4n) is 1.33. The predicted octanol–water partition coefficient (Wildman–Crippen LogP) is -1.51. The van der Waals surface area contributed by atoms with Gasteiger partial charge in [0.25, 0.3) is 0 Å². The minimum atomic E-state index is 0.0556. The lowest BCUT2D eigenvalue weighted by molar-refractivity contribution is -0.464. The SMILES string of the molecule is C/C(=N/[NH+]=C(N)N)c1ccc2c(c1)OCO2. The Balaban J connectivity index is 2.28. The molecule has 1 aromatic rings. The molecule has 1 aromatic carbocycles. The Morgan fingerprint density at radius 2 is 2.06 bits per heavy atom. The smallest absolute Gasteiger partial charge is 0.362 e. The maximum atomic E-state index is 5.26. The quantitative estimate of drug-likeness (QED) is 0.321. The molecule has 84 valence electrons. The first-order valence-corrected chi connectivity index (χ1v) is 4.75. The summed E-state index contributed by atoms with van der Waals surface area (Å²) in [6.45, 7) is 2.10. The second kappa shape index (κ2) is 4.09. The third-order valence-electron chi connectivity index (χ3n) is 2.14. The number of nitrogens with two attached hydrogens (primary N) is 2. The number of ether oxygens (including phenoxy) is 2. The molecule has 0 aromatic heterocycles. The highest BCUT2D eigenvalue weighted by Crippen LogP contribution is 2.32. The van der Waals surface area contributed by atoms with Gasteiger partial charge >= 0.3 is 5.96 Å². The third-order valence-corrected chi connectivity index (χ3v) is 2.14. The van der Waals surface area contributed by atoms with Crippen LogP contribution in [-0.2, 0) is 0 Å². The van der Waals surface area contributed by atoms with E-state index in [0.29, 0.717) is 0 Å². The molecular weight excluding hydrogens is 208 g/mol. The van der Waals surface area contributed by atoms with Crippen molar-refractivity contribution in [3.8, 4) is 11.5 Å². The zero-order chi connectivity index (χ0) is 11.5. The minimum Gasteiger partial charge on any atom is -0.454 e. The Morgan fingerprint density at radius 1 is 1.31 bits per heavy atom. The molecule has 0 unspecified atom stereocenters. The Hall–Kier alpha value is -2.24. The first-order valence-electron chi connectivity index (χ1n) is 4.75. The summed E-state index contributed by atoms with van der Waals surface area (Å²) in [7, 11) is 0. The summed E-state index contributed by atoms with van der Waals surface area (Å²) in [6, 6.07) is 5.59. The molecule has 16 heavy (non-hydrogen) atoms. The van der Waals surface area contributed by atoms with Crippen LogP contribution in [0.15, 0.2) is 23.3 Å². The largest absolute Gasteiger partial charge is 0.454 e. The molecule has 0 amide bonds. The van der Waals surface area contributed by atoms with Crippen molar-refractivity contribution in [2.75, 3.05) is 6.79 Å². The van der Waals surface area contributed by atoms with E-state index in [1.54, 1.807) is 0 Å². The van der Waals surface area contributed by atoms with Crippen LogP contribution in [0, 0.1) is 0 Å². The summed E-state index contributed by atoms with van der Waals surface area (Å²) >= 11 is 0. The molecule has 6 heteroatoms. The normalized spacial score (nSPS) is 13.7. The van der Waals surface area contributed by atoms with E-state index >= 15 is 0 Å². The number of rotatable bonds is 2. The van der Waals surface area contributed by atoms with Crippen LogP contribution < -0.4 is 26.0 Å². The summed E-state index contributed by atoms with van der Waals surface area (Å²) in [5.41, 5.74) is 12.2. The highest BCUT2D eigenvalue weighted by atomic mass is 16.7. The standard InChI is InChI=1S/C10H12N4O2/c1-6(13-14-10(11)12)7-2-3-8-9(4-7)16-5-15-8/h2-4H,5H2,1H3,(H4,11,12,14)/p+1/b13-6-. The molecule has 6 nitrogen and oxygen atoms in total. The number of nitrogens with zero attached hydrogens (tertiary/aromatic N) is 1. The molecule has 0 fully saturated rings. The molecule has 5 N–H and O–H groups in total. The first-order chi connectivity index (χ1) is 7.66. The van der Waals surface area contributed by atoms with Crippen molar-refractivity contribution in [2.45, 2.75) is 6.92 Å². The molecule has 0 spiro atoms. The average Bonchev–Trinajstić information content (AvgIpc) is 2.72. The van der Waals surface area contributed by atoms with Gasteiger partial charge in [-0.25, -0.2) is 0 Å². The van der Waals surface area contributed by atoms with Crippen LogP contribution >= 0.6 is 0 Å². The van der Waals surface area contributed by atoms with Crippen molar-refractivity contribution in [1.82, 2.24) is 0 Å². The van der Waals surface area contributed by atoms with Gasteiger partial charge in [-0.1, -0.05) is 0 Å². The Labute approximate surface area is 92.6 Å². The van der Waals surface area contributed by atoms with Crippen LogP contribution in [0.25, 0.3) is 0 Å². The van der Waals surface area contributed by atoms with Gasteiger partial charge in [-0.05, 0) is 25.1 Å². The predicted molar refractivity (Wildman–Crippen MR) is 59.1 cm³/mol. The molecule has 1 heterocycles. The average molecular weight is 221 g/mol. The van der Waals surface area contributed by atoms with Crippen LogP contribution in [0.1, 0.15) is 12.5 Å². The molecule has 0 atom stereocenters. The van der Waals surface area contributed by atoms with E-state index in [1.165, 1.54) is 0 Å². The van der Waals surface area contributed by atoms with Crippen LogP contribution in [-0.4, -0.2) is 18.5 Å². The van der Waals surface area contributed by atoms with Gasteiger partial charge in [-0.2, -0.15) is 5.10 Å². The lowest BCUT2D eigenvalue weighted by Gasteiger charge is -2.00. The summed E-state index contributed by atoms with van der Waals surface area (Å²) < 4.78 is 10.5. The highest BCUT2D eigenvalue weighted by Gasteiger charge is 2.13. The van der Waals surface area contributed by atoms with Gasteiger partial charge in [0, 0.05) is 5.56 Å². The van der Waals surface area contributed by atoms with Crippen molar-refractivity contribution in [2.24, 2.45) is 16.6 Å². The molecule has 2 rings (SSSR count). The number of hydrazone groups is 1. The van der Waals surface area contributed by atoms with E-state index in [1.807, 2.05) is 25.1 Å². The van der Waals surface area contributed by atoms with Gasteiger partial charge in [0.1, 0.15) is 0 Å². The molecular formula is C10H13N4O2+. The van der Waals surface area contributed by atoms with E-state index in [9.17, 15) is 0 Å². The number of hydrogen-bond donors (Lipinski definition) is 3. The Morgan fingerprint density at radius 3 is 2.81 bits per heavy atom. The topological polar surface area (TPSA) is 96.8 Å². The van der Waals surface area contributed by atoms with Gasteiger partial charge in [0.2, 0.25) is 6.79 Å². The number of nitrogens with one attached hydrogen (secondary N) is 1. The van der Waals surface area contributed by atoms with Gasteiger partial charge in [-0.15, -0.1) is 5.10 Å². The molecule has 0 saturated carbocycles. The van der Waals surface area contributed by atoms with Crippen molar-refractivity contribution >= 4 is 11.7 Å². The van der Waals surface area contributed by atoms with Gasteiger partial charge < -0.3 is 9.47 Å². The van der Waals surface area contributed by atoms with Crippen LogP contribution in [0.2, 0.25) is 0 Å². The van der Waals surface area contributed by atoms with E-state index in [2.05, 4.69) is 10.2 Å². The summed E-state index contributed by atoms with van der Waals surface area (Å²) in [5.74, 6) is 1.52. The van der Waals surface area contributed by atoms with Crippen molar-refractivity contribution in [3.63, 3.8) is 0 Å². The number of fused-ring (bicyclic) bond motifs is 1. The van der Waals surface area contributed by atoms with E-state index in [0.717, 1.165) is 22.8 Å².